The number of nitrogens with zero attached hydrogens (tertiary/aromatic N) is 1. The van der Waals surface area contributed by atoms with E-state index < -0.39 is 17.6 Å². The topological polar surface area (TPSA) is 32.3 Å². The Bertz CT molecular complexity index is 750. The number of nitrogens with one attached hydrogen (secondary N) is 1. The first-order chi connectivity index (χ1) is 12.4. The fourth-order valence-electron chi connectivity index (χ4n) is 3.14. The normalized spacial score (nSPS) is 15.7. The Kier molecular flexibility index (Phi) is 5.61. The predicted octanol–water partition coefficient (Wildman–Crippen LogP) is 4.94. The Hall–Kier alpha value is -2.34. The van der Waals surface area contributed by atoms with E-state index in [1.165, 1.54) is 31.4 Å². The van der Waals surface area contributed by atoms with Crippen LogP contribution in [0.3, 0.4) is 0 Å². The molecule has 0 radical (unpaired) electrons. The van der Waals surface area contributed by atoms with E-state index in [2.05, 4.69) is 10.2 Å². The van der Waals surface area contributed by atoms with Gasteiger partial charge in [0.2, 0.25) is 0 Å². The zero-order valence-electron chi connectivity index (χ0n) is 14.4. The molecule has 0 atom stereocenters. The van der Waals surface area contributed by atoms with E-state index in [0.717, 1.165) is 37.3 Å². The van der Waals surface area contributed by atoms with Crippen molar-refractivity contribution in [3.05, 3.63) is 65.2 Å². The van der Waals surface area contributed by atoms with E-state index in [9.17, 15) is 18.0 Å². The van der Waals surface area contributed by atoms with Gasteiger partial charge in [-0.05, 0) is 67.9 Å². The highest BCUT2D eigenvalue weighted by Gasteiger charge is 2.30. The van der Waals surface area contributed by atoms with Crippen molar-refractivity contribution in [3.63, 3.8) is 0 Å². The number of rotatable bonds is 4. The highest BCUT2D eigenvalue weighted by Crippen LogP contribution is 2.29. The van der Waals surface area contributed by atoms with Crippen LogP contribution >= 0.6 is 0 Å². The first-order valence-electron chi connectivity index (χ1n) is 8.72. The summed E-state index contributed by atoms with van der Waals surface area (Å²) >= 11 is 0. The summed E-state index contributed by atoms with van der Waals surface area (Å²) < 4.78 is 37.8. The Morgan fingerprint density at radius 1 is 1.00 bits per heavy atom. The molecule has 3 rings (SSSR count). The Morgan fingerprint density at radius 2 is 1.69 bits per heavy atom. The number of hydrogen-bond acceptors (Lipinski definition) is 2. The van der Waals surface area contributed by atoms with Gasteiger partial charge < -0.3 is 5.32 Å². The lowest BCUT2D eigenvalue weighted by Crippen LogP contribution is -2.29. The first-order valence-corrected chi connectivity index (χ1v) is 8.72. The van der Waals surface area contributed by atoms with E-state index in [4.69, 9.17) is 0 Å². The molecule has 1 saturated heterocycles. The SMILES string of the molecule is O=C(Nc1cccc(CN2CCCCC2)c1)c1ccc(C(F)(F)F)cc1. The Balaban J connectivity index is 1.64. The third kappa shape index (κ3) is 4.85. The number of piperidine rings is 1. The molecule has 0 aliphatic carbocycles. The molecule has 26 heavy (non-hydrogen) atoms. The minimum absolute atomic E-state index is 0.194. The number of likely N-dealkylation sites (tertiary alicyclic amines) is 1. The summed E-state index contributed by atoms with van der Waals surface area (Å²) in [4.78, 5) is 14.7. The molecule has 138 valence electrons. The average Bonchev–Trinajstić information content (AvgIpc) is 2.62. The second-order valence-corrected chi connectivity index (χ2v) is 6.57. The maximum absolute atomic E-state index is 12.6. The van der Waals surface area contributed by atoms with Gasteiger partial charge in [0.05, 0.1) is 5.56 Å². The lowest BCUT2D eigenvalue weighted by Gasteiger charge is -2.26. The van der Waals surface area contributed by atoms with Gasteiger partial charge in [0.15, 0.2) is 0 Å². The number of benzene rings is 2. The van der Waals surface area contributed by atoms with Crippen molar-refractivity contribution in [2.75, 3.05) is 18.4 Å². The van der Waals surface area contributed by atoms with Crippen molar-refractivity contribution in [1.82, 2.24) is 4.90 Å². The van der Waals surface area contributed by atoms with Gasteiger partial charge in [-0.1, -0.05) is 18.6 Å². The molecule has 1 heterocycles. The van der Waals surface area contributed by atoms with Crippen LogP contribution in [0.2, 0.25) is 0 Å². The Morgan fingerprint density at radius 3 is 2.35 bits per heavy atom. The van der Waals surface area contributed by atoms with Gasteiger partial charge in [0.1, 0.15) is 0 Å². The molecule has 1 N–H and O–H groups in total. The molecular weight excluding hydrogens is 341 g/mol. The fourth-order valence-corrected chi connectivity index (χ4v) is 3.14. The first kappa shape index (κ1) is 18.5. The number of hydrogen-bond donors (Lipinski definition) is 1. The van der Waals surface area contributed by atoms with Crippen molar-refractivity contribution in [3.8, 4) is 0 Å². The van der Waals surface area contributed by atoms with Gasteiger partial charge in [-0.3, -0.25) is 9.69 Å². The molecule has 0 saturated carbocycles. The number of carbonyl (C=O) groups excluding carboxylic acids is 1. The molecule has 1 aliphatic heterocycles. The van der Waals surface area contributed by atoms with Crippen LogP contribution in [0.1, 0.15) is 40.7 Å². The van der Waals surface area contributed by atoms with Crippen LogP contribution in [0.15, 0.2) is 48.5 Å². The summed E-state index contributed by atoms with van der Waals surface area (Å²) in [7, 11) is 0. The van der Waals surface area contributed by atoms with E-state index in [-0.39, 0.29) is 5.56 Å². The monoisotopic (exact) mass is 362 g/mol. The molecular formula is C20H21F3N2O. The third-order valence-electron chi connectivity index (χ3n) is 4.51. The molecule has 1 amide bonds. The highest BCUT2D eigenvalue weighted by atomic mass is 19.4. The van der Waals surface area contributed by atoms with Crippen molar-refractivity contribution in [2.45, 2.75) is 32.0 Å². The van der Waals surface area contributed by atoms with Gasteiger partial charge in [-0.25, -0.2) is 0 Å². The van der Waals surface area contributed by atoms with Gasteiger partial charge in [-0.15, -0.1) is 0 Å². The zero-order chi connectivity index (χ0) is 18.6. The maximum Gasteiger partial charge on any atom is 0.416 e. The third-order valence-corrected chi connectivity index (χ3v) is 4.51. The van der Waals surface area contributed by atoms with E-state index in [0.29, 0.717) is 5.69 Å². The quantitative estimate of drug-likeness (QED) is 0.835. The number of carbonyl (C=O) groups is 1. The molecule has 1 aliphatic rings. The van der Waals surface area contributed by atoms with Crippen LogP contribution in [0, 0.1) is 0 Å². The largest absolute Gasteiger partial charge is 0.416 e. The van der Waals surface area contributed by atoms with Crippen LogP contribution < -0.4 is 5.32 Å². The summed E-state index contributed by atoms with van der Waals surface area (Å²) in [6.07, 6.45) is -0.702. The zero-order valence-corrected chi connectivity index (χ0v) is 14.4. The van der Waals surface area contributed by atoms with Crippen LogP contribution in [0.25, 0.3) is 0 Å². The summed E-state index contributed by atoms with van der Waals surface area (Å²) in [5.74, 6) is -0.422. The minimum atomic E-state index is -4.40. The number of alkyl halides is 3. The highest BCUT2D eigenvalue weighted by molar-refractivity contribution is 6.04. The van der Waals surface area contributed by atoms with Gasteiger partial charge >= 0.3 is 6.18 Å². The summed E-state index contributed by atoms with van der Waals surface area (Å²) in [6, 6.07) is 11.8. The van der Waals surface area contributed by atoms with Crippen molar-refractivity contribution >= 4 is 11.6 Å². The molecule has 0 aromatic heterocycles. The number of halogens is 3. The number of anilines is 1. The molecule has 0 unspecified atom stereocenters. The van der Waals surface area contributed by atoms with Crippen LogP contribution in [0.4, 0.5) is 18.9 Å². The molecule has 0 bridgehead atoms. The van der Waals surface area contributed by atoms with E-state index in [1.807, 2.05) is 18.2 Å². The number of amides is 1. The summed E-state index contributed by atoms with van der Waals surface area (Å²) in [6.45, 7) is 3.01. The molecule has 3 nitrogen and oxygen atoms in total. The molecule has 6 heteroatoms. The fraction of sp³-hybridized carbons (Fsp3) is 0.350. The smallest absolute Gasteiger partial charge is 0.322 e. The summed E-state index contributed by atoms with van der Waals surface area (Å²) in [5, 5.41) is 2.76. The molecule has 2 aromatic rings. The summed E-state index contributed by atoms with van der Waals surface area (Å²) in [5.41, 5.74) is 1.18. The van der Waals surface area contributed by atoms with Crippen LogP contribution in [0.5, 0.6) is 0 Å². The minimum Gasteiger partial charge on any atom is -0.322 e. The second-order valence-electron chi connectivity index (χ2n) is 6.57. The van der Waals surface area contributed by atoms with Gasteiger partial charge in [0, 0.05) is 17.8 Å². The Labute approximate surface area is 150 Å². The average molecular weight is 362 g/mol. The molecule has 0 spiro atoms. The molecule has 1 fully saturated rings. The maximum atomic E-state index is 12.6. The van der Waals surface area contributed by atoms with Crippen LogP contribution in [-0.4, -0.2) is 23.9 Å². The van der Waals surface area contributed by atoms with Crippen molar-refractivity contribution in [2.24, 2.45) is 0 Å². The van der Waals surface area contributed by atoms with Gasteiger partial charge in [-0.2, -0.15) is 13.2 Å². The van der Waals surface area contributed by atoms with Crippen molar-refractivity contribution < 1.29 is 18.0 Å². The van der Waals surface area contributed by atoms with Gasteiger partial charge in [0.25, 0.3) is 5.91 Å². The lowest BCUT2D eigenvalue weighted by molar-refractivity contribution is -0.137. The lowest BCUT2D eigenvalue weighted by atomic mass is 10.1. The van der Waals surface area contributed by atoms with E-state index in [1.54, 1.807) is 6.07 Å². The predicted molar refractivity (Wildman–Crippen MR) is 95.0 cm³/mol. The van der Waals surface area contributed by atoms with E-state index >= 15 is 0 Å². The van der Waals surface area contributed by atoms with Crippen molar-refractivity contribution in [1.29, 1.82) is 0 Å². The molecule has 2 aromatic carbocycles. The second kappa shape index (κ2) is 7.91. The standard InChI is InChI=1S/C20H21F3N2O/c21-20(22,23)17-9-7-16(8-10-17)19(26)24-18-6-4-5-15(13-18)14-25-11-2-1-3-12-25/h4-10,13H,1-3,11-12,14H2,(H,24,26). The van der Waals surface area contributed by atoms with Crippen LogP contribution in [-0.2, 0) is 12.7 Å².